The summed E-state index contributed by atoms with van der Waals surface area (Å²) in [5.41, 5.74) is 0.113. The van der Waals surface area contributed by atoms with E-state index in [0.29, 0.717) is 5.56 Å². The number of halogens is 3. The van der Waals surface area contributed by atoms with Gasteiger partial charge in [0.2, 0.25) is 0 Å². The zero-order valence-corrected chi connectivity index (χ0v) is 5.94. The third-order valence-corrected chi connectivity index (χ3v) is 1.39. The molecule has 1 aromatic rings. The lowest BCUT2D eigenvalue weighted by Gasteiger charge is -2.01. The first-order valence-electron chi connectivity index (χ1n) is 3.15. The van der Waals surface area contributed by atoms with Crippen molar-refractivity contribution in [2.45, 2.75) is 13.3 Å². The lowest BCUT2D eigenvalue weighted by molar-refractivity contribution is 0.146. The van der Waals surface area contributed by atoms with E-state index in [0.717, 1.165) is 12.1 Å². The SMILES string of the molecule is Cc1ccc(C(F)F)c(F)c1. The molecule has 0 aliphatic carbocycles. The van der Waals surface area contributed by atoms with Crippen molar-refractivity contribution >= 4 is 0 Å². The van der Waals surface area contributed by atoms with Crippen LogP contribution >= 0.6 is 0 Å². The molecule has 0 aliphatic heterocycles. The largest absolute Gasteiger partial charge is 0.266 e. The summed E-state index contributed by atoms with van der Waals surface area (Å²) >= 11 is 0. The summed E-state index contributed by atoms with van der Waals surface area (Å²) in [4.78, 5) is 0. The standard InChI is InChI=1S/C8H7F3/c1-5-2-3-6(8(10)11)7(9)4-5/h2-4,8H,1H3. The zero-order chi connectivity index (χ0) is 8.43. The Kier molecular flexibility index (Phi) is 2.17. The molecule has 0 saturated carbocycles. The molecule has 0 aliphatic rings. The smallest absolute Gasteiger partial charge is 0.206 e. The van der Waals surface area contributed by atoms with Crippen LogP contribution in [0, 0.1) is 12.7 Å². The fraction of sp³-hybridized carbons (Fsp3) is 0.250. The molecular weight excluding hydrogens is 153 g/mol. The maximum absolute atomic E-state index is 12.6. The topological polar surface area (TPSA) is 0 Å². The minimum Gasteiger partial charge on any atom is -0.206 e. The molecule has 0 N–H and O–H groups in total. The van der Waals surface area contributed by atoms with Crippen LogP contribution in [0.25, 0.3) is 0 Å². The molecule has 0 spiro atoms. The van der Waals surface area contributed by atoms with E-state index in [1.807, 2.05) is 0 Å². The molecule has 0 bridgehead atoms. The molecule has 0 atom stereocenters. The quantitative estimate of drug-likeness (QED) is 0.592. The Morgan fingerprint density at radius 2 is 1.91 bits per heavy atom. The van der Waals surface area contributed by atoms with Gasteiger partial charge in [0.25, 0.3) is 6.43 Å². The number of aryl methyl sites for hydroxylation is 1. The Morgan fingerprint density at radius 1 is 1.27 bits per heavy atom. The van der Waals surface area contributed by atoms with Gasteiger partial charge in [0.1, 0.15) is 5.82 Å². The Labute approximate surface area is 62.7 Å². The molecule has 0 nitrogen and oxygen atoms in total. The van der Waals surface area contributed by atoms with Crippen LogP contribution < -0.4 is 0 Å². The number of hydrogen-bond donors (Lipinski definition) is 0. The minimum atomic E-state index is -2.73. The van der Waals surface area contributed by atoms with E-state index >= 15 is 0 Å². The normalized spacial score (nSPS) is 10.6. The Hall–Kier alpha value is -0.990. The Bertz CT molecular complexity index is 256. The first-order valence-corrected chi connectivity index (χ1v) is 3.15. The Balaban J connectivity index is 3.09. The number of hydrogen-bond acceptors (Lipinski definition) is 0. The lowest BCUT2D eigenvalue weighted by Crippen LogP contribution is -1.90. The molecule has 0 heterocycles. The molecule has 0 fully saturated rings. The Morgan fingerprint density at radius 3 is 2.36 bits per heavy atom. The predicted octanol–water partition coefficient (Wildman–Crippen LogP) is 3.07. The highest BCUT2D eigenvalue weighted by Gasteiger charge is 2.11. The highest BCUT2D eigenvalue weighted by molar-refractivity contribution is 5.23. The molecule has 0 saturated heterocycles. The van der Waals surface area contributed by atoms with Crippen LogP contribution in [-0.2, 0) is 0 Å². The molecule has 60 valence electrons. The van der Waals surface area contributed by atoms with Gasteiger partial charge in [-0.15, -0.1) is 0 Å². The van der Waals surface area contributed by atoms with Crippen LogP contribution in [0.2, 0.25) is 0 Å². The summed E-state index contributed by atoms with van der Waals surface area (Å²) in [6, 6.07) is 3.67. The number of rotatable bonds is 1. The van der Waals surface area contributed by atoms with Gasteiger partial charge in [-0.25, -0.2) is 13.2 Å². The van der Waals surface area contributed by atoms with Crippen molar-refractivity contribution in [3.8, 4) is 0 Å². The third kappa shape index (κ3) is 1.73. The van der Waals surface area contributed by atoms with Crippen LogP contribution in [-0.4, -0.2) is 0 Å². The van der Waals surface area contributed by atoms with Crippen molar-refractivity contribution in [1.82, 2.24) is 0 Å². The summed E-state index contributed by atoms with van der Waals surface area (Å²) in [5.74, 6) is -0.833. The summed E-state index contributed by atoms with van der Waals surface area (Å²) < 4.78 is 36.5. The molecule has 0 aromatic heterocycles. The minimum absolute atomic E-state index is 0.532. The molecular formula is C8H7F3. The third-order valence-electron chi connectivity index (χ3n) is 1.39. The van der Waals surface area contributed by atoms with Crippen molar-refractivity contribution in [2.24, 2.45) is 0 Å². The molecule has 0 unspecified atom stereocenters. The first-order chi connectivity index (χ1) is 5.11. The maximum Gasteiger partial charge on any atom is 0.266 e. The average Bonchev–Trinajstić information content (AvgIpc) is 1.85. The van der Waals surface area contributed by atoms with Crippen LogP contribution in [0.5, 0.6) is 0 Å². The van der Waals surface area contributed by atoms with E-state index < -0.39 is 17.8 Å². The van der Waals surface area contributed by atoms with Gasteiger partial charge in [-0.3, -0.25) is 0 Å². The maximum atomic E-state index is 12.6. The molecule has 0 radical (unpaired) electrons. The highest BCUT2D eigenvalue weighted by Crippen LogP contribution is 2.22. The van der Waals surface area contributed by atoms with Crippen molar-refractivity contribution < 1.29 is 13.2 Å². The molecule has 3 heteroatoms. The number of benzene rings is 1. The van der Waals surface area contributed by atoms with E-state index in [1.54, 1.807) is 6.92 Å². The fourth-order valence-corrected chi connectivity index (χ4v) is 0.809. The summed E-state index contributed by atoms with van der Waals surface area (Å²) in [6.07, 6.45) is -2.73. The second kappa shape index (κ2) is 2.95. The van der Waals surface area contributed by atoms with E-state index in [-0.39, 0.29) is 0 Å². The second-order valence-corrected chi connectivity index (χ2v) is 2.33. The van der Waals surface area contributed by atoms with E-state index in [2.05, 4.69) is 0 Å². The van der Waals surface area contributed by atoms with Crippen molar-refractivity contribution in [2.75, 3.05) is 0 Å². The van der Waals surface area contributed by atoms with Gasteiger partial charge in [0.05, 0.1) is 5.56 Å². The van der Waals surface area contributed by atoms with Gasteiger partial charge in [-0.2, -0.15) is 0 Å². The van der Waals surface area contributed by atoms with Gasteiger partial charge in [-0.1, -0.05) is 12.1 Å². The van der Waals surface area contributed by atoms with E-state index in [1.165, 1.54) is 6.07 Å². The zero-order valence-electron chi connectivity index (χ0n) is 5.94. The van der Waals surface area contributed by atoms with Crippen molar-refractivity contribution in [3.05, 3.63) is 35.1 Å². The summed E-state index contributed by atoms with van der Waals surface area (Å²) in [5, 5.41) is 0. The predicted molar refractivity (Wildman–Crippen MR) is 36.1 cm³/mol. The van der Waals surface area contributed by atoms with E-state index in [9.17, 15) is 13.2 Å². The van der Waals surface area contributed by atoms with Crippen LogP contribution in [0.1, 0.15) is 17.6 Å². The molecule has 1 aromatic carbocycles. The molecule has 1 rings (SSSR count). The summed E-state index contributed by atoms with van der Waals surface area (Å²) in [6.45, 7) is 1.65. The average molecular weight is 160 g/mol. The van der Waals surface area contributed by atoms with Crippen molar-refractivity contribution in [1.29, 1.82) is 0 Å². The van der Waals surface area contributed by atoms with Gasteiger partial charge in [-0.05, 0) is 18.6 Å². The highest BCUT2D eigenvalue weighted by atomic mass is 19.3. The van der Waals surface area contributed by atoms with Gasteiger partial charge >= 0.3 is 0 Å². The number of alkyl halides is 2. The molecule has 0 amide bonds. The van der Waals surface area contributed by atoms with Crippen molar-refractivity contribution in [3.63, 3.8) is 0 Å². The van der Waals surface area contributed by atoms with Crippen LogP contribution in [0.4, 0.5) is 13.2 Å². The monoisotopic (exact) mass is 160 g/mol. The summed E-state index contributed by atoms with van der Waals surface area (Å²) in [7, 11) is 0. The fourth-order valence-electron chi connectivity index (χ4n) is 0.809. The van der Waals surface area contributed by atoms with E-state index in [4.69, 9.17) is 0 Å². The first kappa shape index (κ1) is 8.11. The molecule has 11 heavy (non-hydrogen) atoms. The van der Waals surface area contributed by atoms with Crippen LogP contribution in [0.3, 0.4) is 0 Å². The van der Waals surface area contributed by atoms with Gasteiger partial charge in [0.15, 0.2) is 0 Å². The van der Waals surface area contributed by atoms with Gasteiger partial charge in [0, 0.05) is 0 Å². The van der Waals surface area contributed by atoms with Gasteiger partial charge < -0.3 is 0 Å². The second-order valence-electron chi connectivity index (χ2n) is 2.33. The lowest BCUT2D eigenvalue weighted by atomic mass is 10.1. The van der Waals surface area contributed by atoms with Crippen LogP contribution in [0.15, 0.2) is 18.2 Å².